The van der Waals surface area contributed by atoms with Gasteiger partial charge in [-0.3, -0.25) is 9.67 Å². The van der Waals surface area contributed by atoms with Crippen molar-refractivity contribution in [3.05, 3.63) is 84.7 Å². The van der Waals surface area contributed by atoms with E-state index in [9.17, 15) is 0 Å². The number of hydrogen-bond donors (Lipinski definition) is 1. The lowest BCUT2D eigenvalue weighted by Gasteiger charge is -2.18. The highest BCUT2D eigenvalue weighted by molar-refractivity contribution is 5.61. The molecule has 158 valence electrons. The van der Waals surface area contributed by atoms with Gasteiger partial charge in [0.25, 0.3) is 0 Å². The zero-order chi connectivity index (χ0) is 21.5. The van der Waals surface area contributed by atoms with E-state index in [-0.39, 0.29) is 5.92 Å². The normalized spacial score (nSPS) is 11.8. The van der Waals surface area contributed by atoms with E-state index in [1.54, 1.807) is 12.5 Å². The Hall–Kier alpha value is -3.74. The van der Waals surface area contributed by atoms with E-state index in [1.807, 2.05) is 66.5 Å². The van der Waals surface area contributed by atoms with Crippen LogP contribution in [0.1, 0.15) is 24.1 Å². The molecule has 4 aromatic rings. The van der Waals surface area contributed by atoms with Gasteiger partial charge in [0.05, 0.1) is 12.2 Å². The number of pyridine rings is 1. The van der Waals surface area contributed by atoms with Crippen LogP contribution >= 0.6 is 0 Å². The van der Waals surface area contributed by atoms with Crippen LogP contribution in [0.5, 0.6) is 5.75 Å². The van der Waals surface area contributed by atoms with Gasteiger partial charge in [-0.2, -0.15) is 5.10 Å². The van der Waals surface area contributed by atoms with E-state index in [4.69, 9.17) is 4.74 Å². The molecular formula is C24H26N6O. The molecule has 1 unspecified atom stereocenters. The second-order valence-corrected chi connectivity index (χ2v) is 7.41. The summed E-state index contributed by atoms with van der Waals surface area (Å²) >= 11 is 0. The molecule has 4 rings (SSSR count). The minimum atomic E-state index is 0.236. The highest BCUT2D eigenvalue weighted by Gasteiger charge is 2.12. The molecule has 0 spiro atoms. The maximum absolute atomic E-state index is 6.05. The molecule has 1 aromatic carbocycles. The van der Waals surface area contributed by atoms with Crippen molar-refractivity contribution in [3.63, 3.8) is 0 Å². The second-order valence-electron chi connectivity index (χ2n) is 7.41. The molecule has 1 atom stereocenters. The monoisotopic (exact) mass is 414 g/mol. The first kappa shape index (κ1) is 20.5. The Bertz CT molecular complexity index is 1100. The first-order chi connectivity index (χ1) is 15.2. The molecule has 0 radical (unpaired) electrons. The van der Waals surface area contributed by atoms with Gasteiger partial charge in [0.15, 0.2) is 0 Å². The maximum Gasteiger partial charge on any atom is 0.129 e. The van der Waals surface area contributed by atoms with Crippen molar-refractivity contribution in [1.82, 2.24) is 24.7 Å². The Morgan fingerprint density at radius 1 is 1.06 bits per heavy atom. The standard InChI is InChI=1S/C24H26N6O/c1-18(21-6-3-4-7-23(21)31-13-12-30-11-5-10-29-30)15-26-24-14-22(27-17-28-24)20-9-8-19(2)25-16-20/h3-11,14,16-18H,12-13,15H2,1-2H3,(H,26,27,28). The topological polar surface area (TPSA) is 77.8 Å². The maximum atomic E-state index is 6.05. The van der Waals surface area contributed by atoms with Crippen LogP contribution in [0.25, 0.3) is 11.3 Å². The van der Waals surface area contributed by atoms with Crippen LogP contribution in [-0.4, -0.2) is 37.9 Å². The van der Waals surface area contributed by atoms with E-state index >= 15 is 0 Å². The van der Waals surface area contributed by atoms with Crippen LogP contribution in [0.3, 0.4) is 0 Å². The van der Waals surface area contributed by atoms with Gasteiger partial charge in [-0.05, 0) is 36.8 Å². The molecule has 3 heterocycles. The molecule has 0 bridgehead atoms. The number of nitrogens with zero attached hydrogens (tertiary/aromatic N) is 5. The largest absolute Gasteiger partial charge is 0.491 e. The van der Waals surface area contributed by atoms with Crippen molar-refractivity contribution in [3.8, 4) is 17.0 Å². The zero-order valence-corrected chi connectivity index (χ0v) is 17.8. The third-order valence-corrected chi connectivity index (χ3v) is 5.05. The number of nitrogens with one attached hydrogen (secondary N) is 1. The summed E-state index contributed by atoms with van der Waals surface area (Å²) in [6.07, 6.45) is 7.12. The molecule has 3 aromatic heterocycles. The molecule has 0 aliphatic heterocycles. The first-order valence-electron chi connectivity index (χ1n) is 10.4. The number of rotatable bonds is 9. The summed E-state index contributed by atoms with van der Waals surface area (Å²) in [4.78, 5) is 13.1. The zero-order valence-electron chi connectivity index (χ0n) is 17.8. The number of hydrogen-bond acceptors (Lipinski definition) is 6. The number of anilines is 1. The SMILES string of the molecule is Cc1ccc(-c2cc(NCC(C)c3ccccc3OCCn3cccn3)ncn2)cn1. The number of para-hydroxylation sites is 1. The van der Waals surface area contributed by atoms with Gasteiger partial charge < -0.3 is 10.1 Å². The average Bonchev–Trinajstić information content (AvgIpc) is 3.32. The number of aromatic nitrogens is 5. The van der Waals surface area contributed by atoms with Crippen LogP contribution in [-0.2, 0) is 6.54 Å². The predicted molar refractivity (Wildman–Crippen MR) is 121 cm³/mol. The van der Waals surface area contributed by atoms with Gasteiger partial charge in [-0.25, -0.2) is 9.97 Å². The Balaban J connectivity index is 1.38. The highest BCUT2D eigenvalue weighted by atomic mass is 16.5. The highest BCUT2D eigenvalue weighted by Crippen LogP contribution is 2.27. The third-order valence-electron chi connectivity index (χ3n) is 5.05. The molecule has 0 aliphatic rings. The number of benzene rings is 1. The fraction of sp³-hybridized carbons (Fsp3) is 0.250. The van der Waals surface area contributed by atoms with Crippen molar-refractivity contribution in [2.24, 2.45) is 0 Å². The van der Waals surface area contributed by atoms with Gasteiger partial charge in [-0.1, -0.05) is 25.1 Å². The smallest absolute Gasteiger partial charge is 0.129 e. The van der Waals surface area contributed by atoms with Crippen LogP contribution in [0.4, 0.5) is 5.82 Å². The van der Waals surface area contributed by atoms with Gasteiger partial charge in [-0.15, -0.1) is 0 Å². The lowest BCUT2D eigenvalue weighted by Crippen LogP contribution is -2.14. The van der Waals surface area contributed by atoms with Gasteiger partial charge in [0.1, 0.15) is 24.5 Å². The number of ether oxygens (including phenoxy) is 1. The lowest BCUT2D eigenvalue weighted by atomic mass is 10.00. The molecule has 1 N–H and O–H groups in total. The predicted octanol–water partition coefficient (Wildman–Crippen LogP) is 4.34. The lowest BCUT2D eigenvalue weighted by molar-refractivity contribution is 0.287. The summed E-state index contributed by atoms with van der Waals surface area (Å²) in [5.74, 6) is 1.92. The fourth-order valence-electron chi connectivity index (χ4n) is 3.30. The Labute approximate surface area is 182 Å². The quantitative estimate of drug-likeness (QED) is 0.439. The molecule has 0 saturated heterocycles. The molecule has 0 fully saturated rings. The first-order valence-corrected chi connectivity index (χ1v) is 10.4. The number of aryl methyl sites for hydroxylation is 1. The van der Waals surface area contributed by atoms with Crippen molar-refractivity contribution in [1.29, 1.82) is 0 Å². The van der Waals surface area contributed by atoms with Gasteiger partial charge in [0.2, 0.25) is 0 Å². The molecule has 0 amide bonds. The Morgan fingerprint density at radius 2 is 1.97 bits per heavy atom. The van der Waals surface area contributed by atoms with Crippen molar-refractivity contribution >= 4 is 5.82 Å². The Morgan fingerprint density at radius 3 is 2.77 bits per heavy atom. The van der Waals surface area contributed by atoms with E-state index in [0.717, 1.165) is 40.6 Å². The molecular weight excluding hydrogens is 388 g/mol. The third kappa shape index (κ3) is 5.45. The summed E-state index contributed by atoms with van der Waals surface area (Å²) < 4.78 is 7.91. The molecule has 0 aliphatic carbocycles. The van der Waals surface area contributed by atoms with E-state index < -0.39 is 0 Å². The van der Waals surface area contributed by atoms with Crippen molar-refractivity contribution in [2.75, 3.05) is 18.5 Å². The summed E-state index contributed by atoms with van der Waals surface area (Å²) in [6, 6.07) is 16.0. The minimum absolute atomic E-state index is 0.236. The summed E-state index contributed by atoms with van der Waals surface area (Å²) in [7, 11) is 0. The van der Waals surface area contributed by atoms with E-state index in [2.05, 4.69) is 38.4 Å². The van der Waals surface area contributed by atoms with Gasteiger partial charge in [0, 0.05) is 48.4 Å². The summed E-state index contributed by atoms with van der Waals surface area (Å²) in [6.45, 7) is 6.15. The van der Waals surface area contributed by atoms with E-state index in [1.165, 1.54) is 0 Å². The van der Waals surface area contributed by atoms with Crippen LogP contribution in [0.15, 0.2) is 73.4 Å². The minimum Gasteiger partial charge on any atom is -0.491 e. The van der Waals surface area contributed by atoms with Crippen molar-refractivity contribution < 1.29 is 4.74 Å². The average molecular weight is 415 g/mol. The molecule has 7 nitrogen and oxygen atoms in total. The van der Waals surface area contributed by atoms with Crippen LogP contribution in [0.2, 0.25) is 0 Å². The Kier molecular flexibility index (Phi) is 6.52. The fourth-order valence-corrected chi connectivity index (χ4v) is 3.30. The summed E-state index contributed by atoms with van der Waals surface area (Å²) in [5, 5.41) is 7.64. The van der Waals surface area contributed by atoms with E-state index in [0.29, 0.717) is 13.2 Å². The molecule has 0 saturated carbocycles. The van der Waals surface area contributed by atoms with Crippen molar-refractivity contribution in [2.45, 2.75) is 26.3 Å². The van der Waals surface area contributed by atoms with Crippen LogP contribution in [0, 0.1) is 6.92 Å². The second kappa shape index (κ2) is 9.84. The van der Waals surface area contributed by atoms with Crippen LogP contribution < -0.4 is 10.1 Å². The molecule has 7 heteroatoms. The summed E-state index contributed by atoms with van der Waals surface area (Å²) in [5.41, 5.74) is 3.96. The van der Waals surface area contributed by atoms with Gasteiger partial charge >= 0.3 is 0 Å². The molecule has 31 heavy (non-hydrogen) atoms.